The predicted molar refractivity (Wildman–Crippen MR) is 79.6 cm³/mol. The second kappa shape index (κ2) is 6.72. The highest BCUT2D eigenvalue weighted by molar-refractivity contribution is 7.09. The van der Waals surface area contributed by atoms with Crippen molar-refractivity contribution in [2.45, 2.75) is 19.4 Å². The lowest BCUT2D eigenvalue weighted by atomic mass is 10.2. The lowest BCUT2D eigenvalue weighted by Crippen LogP contribution is -2.17. The number of ether oxygens (including phenoxy) is 2. The number of nitrogens with one attached hydrogen (secondary N) is 1. The van der Waals surface area contributed by atoms with Crippen LogP contribution in [0.5, 0.6) is 11.5 Å². The molecule has 1 aliphatic rings. The summed E-state index contributed by atoms with van der Waals surface area (Å²) in [5, 5.41) is 6.62. The van der Waals surface area contributed by atoms with E-state index in [1.807, 2.05) is 23.7 Å². The van der Waals surface area contributed by atoms with Crippen molar-refractivity contribution in [3.05, 3.63) is 40.3 Å². The fourth-order valence-corrected chi connectivity index (χ4v) is 2.81. The standard InChI is InChI=1S/C15H18N2O2S/c1-3-12(11-16-6-5-14-17-7-10-20-14)15-13(4-1)18-8-2-9-19-15/h1,3-4,7,10,16H,2,5-6,8-9,11H2. The third-order valence-corrected chi connectivity index (χ3v) is 4.01. The molecule has 0 radical (unpaired) electrons. The van der Waals surface area contributed by atoms with Crippen molar-refractivity contribution < 1.29 is 9.47 Å². The van der Waals surface area contributed by atoms with Crippen LogP contribution in [0.3, 0.4) is 0 Å². The summed E-state index contributed by atoms with van der Waals surface area (Å²) >= 11 is 1.70. The highest BCUT2D eigenvalue weighted by Gasteiger charge is 2.13. The van der Waals surface area contributed by atoms with Crippen molar-refractivity contribution in [2.75, 3.05) is 19.8 Å². The number of nitrogens with zero attached hydrogens (tertiary/aromatic N) is 1. The summed E-state index contributed by atoms with van der Waals surface area (Å²) in [6.07, 6.45) is 3.75. The maximum atomic E-state index is 5.81. The first kappa shape index (κ1) is 13.4. The Morgan fingerprint density at radius 3 is 3.10 bits per heavy atom. The molecule has 1 N–H and O–H groups in total. The minimum atomic E-state index is 0.725. The van der Waals surface area contributed by atoms with E-state index in [1.54, 1.807) is 11.3 Å². The first-order valence-electron chi connectivity index (χ1n) is 6.90. The second-order valence-electron chi connectivity index (χ2n) is 4.65. The number of aromatic nitrogens is 1. The molecule has 0 fully saturated rings. The van der Waals surface area contributed by atoms with E-state index in [0.29, 0.717) is 0 Å². The molecule has 1 aromatic heterocycles. The van der Waals surface area contributed by atoms with Gasteiger partial charge in [0.15, 0.2) is 11.5 Å². The zero-order valence-electron chi connectivity index (χ0n) is 11.3. The summed E-state index contributed by atoms with van der Waals surface area (Å²) in [6.45, 7) is 3.16. The van der Waals surface area contributed by atoms with E-state index in [4.69, 9.17) is 9.47 Å². The normalized spacial score (nSPS) is 14.0. The molecule has 106 valence electrons. The Hall–Kier alpha value is -1.59. The van der Waals surface area contributed by atoms with Crippen LogP contribution in [0.4, 0.5) is 0 Å². The number of para-hydroxylation sites is 1. The number of benzene rings is 1. The molecule has 3 rings (SSSR count). The van der Waals surface area contributed by atoms with Crippen LogP contribution in [0.25, 0.3) is 0 Å². The van der Waals surface area contributed by atoms with E-state index >= 15 is 0 Å². The van der Waals surface area contributed by atoms with Crippen molar-refractivity contribution in [3.8, 4) is 11.5 Å². The minimum Gasteiger partial charge on any atom is -0.490 e. The van der Waals surface area contributed by atoms with Crippen LogP contribution in [-0.2, 0) is 13.0 Å². The zero-order valence-corrected chi connectivity index (χ0v) is 12.1. The van der Waals surface area contributed by atoms with E-state index in [9.17, 15) is 0 Å². The van der Waals surface area contributed by atoms with Gasteiger partial charge < -0.3 is 14.8 Å². The maximum Gasteiger partial charge on any atom is 0.165 e. The quantitative estimate of drug-likeness (QED) is 0.860. The van der Waals surface area contributed by atoms with Gasteiger partial charge in [0.05, 0.1) is 18.2 Å². The van der Waals surface area contributed by atoms with Crippen molar-refractivity contribution in [1.29, 1.82) is 0 Å². The van der Waals surface area contributed by atoms with Crippen molar-refractivity contribution >= 4 is 11.3 Å². The zero-order chi connectivity index (χ0) is 13.6. The van der Waals surface area contributed by atoms with Gasteiger partial charge in [-0.2, -0.15) is 0 Å². The van der Waals surface area contributed by atoms with Gasteiger partial charge in [-0.05, 0) is 6.07 Å². The Kier molecular flexibility index (Phi) is 4.50. The maximum absolute atomic E-state index is 5.81. The number of rotatable bonds is 5. The molecular weight excluding hydrogens is 272 g/mol. The molecule has 2 heterocycles. The minimum absolute atomic E-state index is 0.725. The van der Waals surface area contributed by atoms with Gasteiger partial charge in [-0.15, -0.1) is 11.3 Å². The Bertz CT molecular complexity index is 543. The summed E-state index contributed by atoms with van der Waals surface area (Å²) in [4.78, 5) is 4.28. The first-order valence-corrected chi connectivity index (χ1v) is 7.78. The summed E-state index contributed by atoms with van der Waals surface area (Å²) in [5.74, 6) is 1.76. The van der Waals surface area contributed by atoms with E-state index in [2.05, 4.69) is 16.4 Å². The van der Waals surface area contributed by atoms with Gasteiger partial charge in [-0.1, -0.05) is 12.1 Å². The molecule has 0 saturated carbocycles. The number of hydrogen-bond donors (Lipinski definition) is 1. The van der Waals surface area contributed by atoms with E-state index < -0.39 is 0 Å². The fraction of sp³-hybridized carbons (Fsp3) is 0.400. The molecule has 0 aliphatic carbocycles. The molecule has 4 nitrogen and oxygen atoms in total. The molecule has 1 aliphatic heterocycles. The molecule has 0 atom stereocenters. The molecule has 1 aromatic carbocycles. The second-order valence-corrected chi connectivity index (χ2v) is 5.63. The van der Waals surface area contributed by atoms with E-state index in [1.165, 1.54) is 5.01 Å². The van der Waals surface area contributed by atoms with Crippen LogP contribution in [-0.4, -0.2) is 24.7 Å². The first-order chi connectivity index (χ1) is 9.93. The van der Waals surface area contributed by atoms with Gasteiger partial charge >= 0.3 is 0 Å². The highest BCUT2D eigenvalue weighted by atomic mass is 32.1. The molecule has 0 spiro atoms. The molecular formula is C15H18N2O2S. The van der Waals surface area contributed by atoms with Gasteiger partial charge in [0.25, 0.3) is 0 Å². The monoisotopic (exact) mass is 290 g/mol. The number of fused-ring (bicyclic) bond motifs is 1. The van der Waals surface area contributed by atoms with E-state index in [-0.39, 0.29) is 0 Å². The van der Waals surface area contributed by atoms with Crippen molar-refractivity contribution in [3.63, 3.8) is 0 Å². The summed E-state index contributed by atoms with van der Waals surface area (Å²) in [6, 6.07) is 6.08. The van der Waals surface area contributed by atoms with Gasteiger partial charge in [-0.25, -0.2) is 4.98 Å². The number of hydrogen-bond acceptors (Lipinski definition) is 5. The Labute approximate surface area is 122 Å². The third-order valence-electron chi connectivity index (χ3n) is 3.17. The Balaban J connectivity index is 1.57. The Morgan fingerprint density at radius 1 is 1.25 bits per heavy atom. The Morgan fingerprint density at radius 2 is 2.20 bits per heavy atom. The summed E-state index contributed by atoms with van der Waals surface area (Å²) < 4.78 is 11.5. The van der Waals surface area contributed by atoms with Crippen molar-refractivity contribution in [2.24, 2.45) is 0 Å². The average molecular weight is 290 g/mol. The molecule has 0 saturated heterocycles. The van der Waals surface area contributed by atoms with Gasteiger partial charge in [0, 0.05) is 43.1 Å². The van der Waals surface area contributed by atoms with Gasteiger partial charge in [0.1, 0.15) is 0 Å². The predicted octanol–water partition coefficient (Wildman–Crippen LogP) is 2.64. The van der Waals surface area contributed by atoms with E-state index in [0.717, 1.165) is 56.2 Å². The SMILES string of the molecule is c1cc(CNCCc2nccs2)c2c(c1)OCCCO2. The van der Waals surface area contributed by atoms with Crippen LogP contribution in [0.2, 0.25) is 0 Å². The topological polar surface area (TPSA) is 43.4 Å². The molecule has 5 heteroatoms. The van der Waals surface area contributed by atoms with Crippen LogP contribution in [0, 0.1) is 0 Å². The lowest BCUT2D eigenvalue weighted by molar-refractivity contribution is 0.296. The van der Waals surface area contributed by atoms with Gasteiger partial charge in [0.2, 0.25) is 0 Å². The van der Waals surface area contributed by atoms with Crippen LogP contribution in [0.15, 0.2) is 29.8 Å². The molecule has 2 aromatic rings. The molecule has 0 unspecified atom stereocenters. The van der Waals surface area contributed by atoms with Crippen molar-refractivity contribution in [1.82, 2.24) is 10.3 Å². The summed E-state index contributed by atoms with van der Waals surface area (Å²) in [5.41, 5.74) is 1.16. The molecule has 0 amide bonds. The molecule has 0 bridgehead atoms. The number of thiazole rings is 1. The largest absolute Gasteiger partial charge is 0.490 e. The fourth-order valence-electron chi connectivity index (χ4n) is 2.19. The van der Waals surface area contributed by atoms with Crippen LogP contribution >= 0.6 is 11.3 Å². The average Bonchev–Trinajstić information content (AvgIpc) is 2.87. The van der Waals surface area contributed by atoms with Crippen LogP contribution < -0.4 is 14.8 Å². The van der Waals surface area contributed by atoms with Crippen LogP contribution in [0.1, 0.15) is 17.0 Å². The molecule has 20 heavy (non-hydrogen) atoms. The summed E-state index contributed by atoms with van der Waals surface area (Å²) in [7, 11) is 0. The lowest BCUT2D eigenvalue weighted by Gasteiger charge is -2.12. The smallest absolute Gasteiger partial charge is 0.165 e. The van der Waals surface area contributed by atoms with Gasteiger partial charge in [-0.3, -0.25) is 0 Å². The highest BCUT2D eigenvalue weighted by Crippen LogP contribution is 2.33. The third kappa shape index (κ3) is 3.29.